The molecule has 0 fully saturated rings. The lowest BCUT2D eigenvalue weighted by atomic mass is 10.1. The number of aryl methyl sites for hydroxylation is 1. The predicted molar refractivity (Wildman–Crippen MR) is 109 cm³/mol. The van der Waals surface area contributed by atoms with Crippen molar-refractivity contribution in [1.82, 2.24) is 4.98 Å². The van der Waals surface area contributed by atoms with Gasteiger partial charge in [-0.2, -0.15) is 0 Å². The molecular formula is C22H18ClFN2. The Bertz CT molecular complexity index is 1050. The number of rotatable bonds is 3. The van der Waals surface area contributed by atoms with Crippen molar-refractivity contribution in [2.75, 3.05) is 5.32 Å². The van der Waals surface area contributed by atoms with Gasteiger partial charge in [0.25, 0.3) is 0 Å². The molecule has 0 aliphatic carbocycles. The van der Waals surface area contributed by atoms with E-state index in [1.165, 1.54) is 11.6 Å². The monoisotopic (exact) mass is 364 g/mol. The lowest BCUT2D eigenvalue weighted by Gasteiger charge is -2.13. The molecule has 130 valence electrons. The number of hydrogen-bond acceptors (Lipinski definition) is 2. The highest BCUT2D eigenvalue weighted by Crippen LogP contribution is 2.31. The molecule has 0 saturated carbocycles. The average Bonchev–Trinajstić information content (AvgIpc) is 2.64. The summed E-state index contributed by atoms with van der Waals surface area (Å²) in [5, 5.41) is 4.44. The second-order valence-electron chi connectivity index (χ2n) is 6.04. The smallest absolute Gasteiger partial charge is 0.132 e. The standard InChI is InChI=1S/C22H17FN2.ClH/c1-15-10-12-16(13-11-15)24-22-14-21(17-6-2-4-8-19(17)23)25-20-9-5-3-7-18(20)22;/h2-14H,1H3,(H,24,25);1H. The first-order valence-electron chi connectivity index (χ1n) is 8.19. The van der Waals surface area contributed by atoms with Gasteiger partial charge in [0.1, 0.15) is 5.82 Å². The van der Waals surface area contributed by atoms with Crippen molar-refractivity contribution in [3.63, 3.8) is 0 Å². The Morgan fingerprint density at radius 3 is 2.31 bits per heavy atom. The molecule has 0 aliphatic heterocycles. The van der Waals surface area contributed by atoms with Gasteiger partial charge < -0.3 is 5.32 Å². The molecule has 0 aliphatic rings. The van der Waals surface area contributed by atoms with Crippen LogP contribution in [0.3, 0.4) is 0 Å². The summed E-state index contributed by atoms with van der Waals surface area (Å²) in [5.74, 6) is -0.272. The van der Waals surface area contributed by atoms with E-state index >= 15 is 0 Å². The van der Waals surface area contributed by atoms with Gasteiger partial charge in [-0.25, -0.2) is 9.37 Å². The SMILES string of the molecule is Cc1ccc(Nc2cc(-c3ccccc3F)nc3ccccc23)cc1.Cl. The third kappa shape index (κ3) is 3.53. The first-order valence-corrected chi connectivity index (χ1v) is 8.19. The lowest BCUT2D eigenvalue weighted by Crippen LogP contribution is -1.96. The Morgan fingerprint density at radius 1 is 0.846 bits per heavy atom. The van der Waals surface area contributed by atoms with Crippen molar-refractivity contribution in [3.8, 4) is 11.3 Å². The van der Waals surface area contributed by atoms with Crippen LogP contribution in [0.15, 0.2) is 78.9 Å². The molecule has 0 atom stereocenters. The van der Waals surface area contributed by atoms with Crippen LogP contribution in [0.2, 0.25) is 0 Å². The number of anilines is 2. The third-order valence-corrected chi connectivity index (χ3v) is 4.20. The van der Waals surface area contributed by atoms with Crippen molar-refractivity contribution >= 4 is 34.7 Å². The summed E-state index contributed by atoms with van der Waals surface area (Å²) in [6.07, 6.45) is 0. The average molecular weight is 365 g/mol. The minimum atomic E-state index is -0.272. The van der Waals surface area contributed by atoms with E-state index in [-0.39, 0.29) is 18.2 Å². The largest absolute Gasteiger partial charge is 0.355 e. The minimum Gasteiger partial charge on any atom is -0.355 e. The number of nitrogens with zero attached hydrogens (tertiary/aromatic N) is 1. The highest BCUT2D eigenvalue weighted by Gasteiger charge is 2.10. The van der Waals surface area contributed by atoms with E-state index in [4.69, 9.17) is 0 Å². The van der Waals surface area contributed by atoms with Gasteiger partial charge in [-0.3, -0.25) is 0 Å². The molecule has 1 aromatic heterocycles. The van der Waals surface area contributed by atoms with E-state index in [0.717, 1.165) is 22.3 Å². The molecule has 0 saturated heterocycles. The van der Waals surface area contributed by atoms with Gasteiger partial charge in [0.15, 0.2) is 0 Å². The van der Waals surface area contributed by atoms with E-state index < -0.39 is 0 Å². The topological polar surface area (TPSA) is 24.9 Å². The number of aromatic nitrogens is 1. The molecule has 1 heterocycles. The summed E-state index contributed by atoms with van der Waals surface area (Å²) in [6.45, 7) is 2.06. The highest BCUT2D eigenvalue weighted by molar-refractivity contribution is 5.95. The molecule has 4 rings (SSSR count). The normalized spacial score (nSPS) is 10.4. The quantitative estimate of drug-likeness (QED) is 0.448. The summed E-state index contributed by atoms with van der Waals surface area (Å²) in [4.78, 5) is 4.64. The number of hydrogen-bond donors (Lipinski definition) is 1. The maximum absolute atomic E-state index is 14.2. The van der Waals surface area contributed by atoms with Crippen LogP contribution in [0, 0.1) is 12.7 Å². The molecule has 4 heteroatoms. The third-order valence-electron chi connectivity index (χ3n) is 4.20. The van der Waals surface area contributed by atoms with Gasteiger partial charge in [0.2, 0.25) is 0 Å². The minimum absolute atomic E-state index is 0. The summed E-state index contributed by atoms with van der Waals surface area (Å²) in [7, 11) is 0. The zero-order chi connectivity index (χ0) is 17.2. The van der Waals surface area contributed by atoms with Crippen molar-refractivity contribution in [2.24, 2.45) is 0 Å². The summed E-state index contributed by atoms with van der Waals surface area (Å²) in [6, 6.07) is 24.7. The van der Waals surface area contributed by atoms with Crippen molar-refractivity contribution < 1.29 is 4.39 Å². The van der Waals surface area contributed by atoms with E-state index in [9.17, 15) is 4.39 Å². The molecular weight excluding hydrogens is 347 g/mol. The molecule has 0 radical (unpaired) electrons. The van der Waals surface area contributed by atoms with Crippen LogP contribution < -0.4 is 5.32 Å². The lowest BCUT2D eigenvalue weighted by molar-refractivity contribution is 0.631. The molecule has 26 heavy (non-hydrogen) atoms. The van der Waals surface area contributed by atoms with Crippen molar-refractivity contribution in [2.45, 2.75) is 6.92 Å². The van der Waals surface area contributed by atoms with E-state index in [2.05, 4.69) is 29.4 Å². The second kappa shape index (κ2) is 7.54. The molecule has 0 unspecified atom stereocenters. The Morgan fingerprint density at radius 2 is 1.54 bits per heavy atom. The molecule has 4 aromatic rings. The van der Waals surface area contributed by atoms with E-state index in [1.54, 1.807) is 12.1 Å². The Hall–Kier alpha value is -2.91. The first kappa shape index (κ1) is 17.9. The summed E-state index contributed by atoms with van der Waals surface area (Å²) in [5.41, 5.74) is 5.05. The Labute approximate surface area is 158 Å². The Kier molecular flexibility index (Phi) is 5.19. The predicted octanol–water partition coefficient (Wildman–Crippen LogP) is 6.51. The van der Waals surface area contributed by atoms with Crippen LogP contribution in [0.1, 0.15) is 5.56 Å². The number of nitrogens with one attached hydrogen (secondary N) is 1. The summed E-state index contributed by atoms with van der Waals surface area (Å²) < 4.78 is 14.2. The number of fused-ring (bicyclic) bond motifs is 1. The summed E-state index contributed by atoms with van der Waals surface area (Å²) >= 11 is 0. The maximum Gasteiger partial charge on any atom is 0.132 e. The number of halogens is 2. The fraction of sp³-hybridized carbons (Fsp3) is 0.0455. The highest BCUT2D eigenvalue weighted by atomic mass is 35.5. The van der Waals surface area contributed by atoms with Crippen LogP contribution >= 0.6 is 12.4 Å². The van der Waals surface area contributed by atoms with Crippen molar-refractivity contribution in [3.05, 3.63) is 90.2 Å². The van der Waals surface area contributed by atoms with E-state index in [1.807, 2.05) is 48.5 Å². The molecule has 1 N–H and O–H groups in total. The van der Waals surface area contributed by atoms with Crippen LogP contribution in [0.4, 0.5) is 15.8 Å². The van der Waals surface area contributed by atoms with Gasteiger partial charge in [-0.15, -0.1) is 12.4 Å². The van der Waals surface area contributed by atoms with Gasteiger partial charge in [0, 0.05) is 16.6 Å². The molecule has 3 aromatic carbocycles. The van der Waals surface area contributed by atoms with Gasteiger partial charge >= 0.3 is 0 Å². The molecule has 0 amide bonds. The fourth-order valence-electron chi connectivity index (χ4n) is 2.88. The van der Waals surface area contributed by atoms with Gasteiger partial charge in [-0.1, -0.05) is 48.0 Å². The number of benzene rings is 3. The maximum atomic E-state index is 14.2. The number of pyridine rings is 1. The van der Waals surface area contributed by atoms with Crippen molar-refractivity contribution in [1.29, 1.82) is 0 Å². The molecule has 0 bridgehead atoms. The zero-order valence-electron chi connectivity index (χ0n) is 14.2. The van der Waals surface area contributed by atoms with Gasteiger partial charge in [0.05, 0.1) is 16.9 Å². The second-order valence-corrected chi connectivity index (χ2v) is 6.04. The van der Waals surface area contributed by atoms with Crippen LogP contribution in [0.5, 0.6) is 0 Å². The van der Waals surface area contributed by atoms with Gasteiger partial charge in [-0.05, 0) is 43.3 Å². The van der Waals surface area contributed by atoms with Crippen LogP contribution in [-0.4, -0.2) is 4.98 Å². The van der Waals surface area contributed by atoms with Crippen LogP contribution in [0.25, 0.3) is 22.2 Å². The Balaban J connectivity index is 0.00000196. The first-order chi connectivity index (χ1) is 12.2. The van der Waals surface area contributed by atoms with Crippen LogP contribution in [-0.2, 0) is 0 Å². The molecule has 0 spiro atoms. The fourth-order valence-corrected chi connectivity index (χ4v) is 2.88. The zero-order valence-corrected chi connectivity index (χ0v) is 15.1. The van der Waals surface area contributed by atoms with E-state index in [0.29, 0.717) is 11.3 Å². The molecule has 2 nitrogen and oxygen atoms in total. The number of para-hydroxylation sites is 1.